The van der Waals surface area contributed by atoms with Gasteiger partial charge in [0.2, 0.25) is 0 Å². The standard InChI is InChI=1S/C17H28O2/c1-2-3-4-5-6-7-8-9-10-11-12-13-14-15-16-17(18)19/h5-6,8-9,11-12H,2-4,7,10,13-16H2,1H3,(H,18,19). The minimum Gasteiger partial charge on any atom is -0.481 e. The lowest BCUT2D eigenvalue weighted by molar-refractivity contribution is -0.137. The van der Waals surface area contributed by atoms with E-state index in [1.807, 2.05) is 0 Å². The second-order valence-corrected chi connectivity index (χ2v) is 4.67. The Morgan fingerprint density at radius 1 is 0.842 bits per heavy atom. The topological polar surface area (TPSA) is 37.3 Å². The molecular weight excluding hydrogens is 236 g/mol. The summed E-state index contributed by atoms with van der Waals surface area (Å²) in [6.07, 6.45) is 21.9. The number of carbonyl (C=O) groups is 1. The number of carboxylic acids is 1. The van der Waals surface area contributed by atoms with E-state index in [1.165, 1.54) is 19.3 Å². The highest BCUT2D eigenvalue weighted by molar-refractivity contribution is 5.66. The van der Waals surface area contributed by atoms with Gasteiger partial charge in [0.1, 0.15) is 0 Å². The Kier molecular flexibility index (Phi) is 13.7. The van der Waals surface area contributed by atoms with Gasteiger partial charge in [-0.25, -0.2) is 0 Å². The van der Waals surface area contributed by atoms with Crippen LogP contribution in [0, 0.1) is 0 Å². The average molecular weight is 264 g/mol. The van der Waals surface area contributed by atoms with Crippen LogP contribution in [-0.2, 0) is 4.79 Å². The van der Waals surface area contributed by atoms with Crippen molar-refractivity contribution in [2.45, 2.75) is 64.7 Å². The van der Waals surface area contributed by atoms with Gasteiger partial charge in [-0.3, -0.25) is 4.79 Å². The van der Waals surface area contributed by atoms with E-state index in [9.17, 15) is 4.79 Å². The third kappa shape index (κ3) is 16.7. The van der Waals surface area contributed by atoms with E-state index < -0.39 is 5.97 Å². The van der Waals surface area contributed by atoms with Crippen LogP contribution in [0.3, 0.4) is 0 Å². The Morgan fingerprint density at radius 3 is 1.89 bits per heavy atom. The molecule has 0 unspecified atom stereocenters. The zero-order chi connectivity index (χ0) is 14.2. The summed E-state index contributed by atoms with van der Waals surface area (Å²) in [6, 6.07) is 0. The number of rotatable bonds is 12. The molecule has 0 spiro atoms. The molecule has 0 aromatic carbocycles. The first-order valence-corrected chi connectivity index (χ1v) is 7.44. The number of unbranched alkanes of at least 4 members (excludes halogenated alkanes) is 4. The van der Waals surface area contributed by atoms with Crippen molar-refractivity contribution in [1.29, 1.82) is 0 Å². The molecule has 0 saturated heterocycles. The van der Waals surface area contributed by atoms with Crippen molar-refractivity contribution in [1.82, 2.24) is 0 Å². The van der Waals surface area contributed by atoms with Crippen molar-refractivity contribution >= 4 is 5.97 Å². The maximum Gasteiger partial charge on any atom is 0.303 e. The smallest absolute Gasteiger partial charge is 0.303 e. The van der Waals surface area contributed by atoms with E-state index in [-0.39, 0.29) is 6.42 Å². The predicted octanol–water partition coefficient (Wildman–Crippen LogP) is 5.27. The molecule has 0 aromatic rings. The van der Waals surface area contributed by atoms with Crippen molar-refractivity contribution in [3.63, 3.8) is 0 Å². The first-order valence-electron chi connectivity index (χ1n) is 7.44. The van der Waals surface area contributed by atoms with Crippen molar-refractivity contribution in [2.75, 3.05) is 0 Å². The fourth-order valence-electron chi connectivity index (χ4n) is 1.64. The Bertz CT molecular complexity index is 288. The molecule has 0 atom stereocenters. The zero-order valence-corrected chi connectivity index (χ0v) is 12.2. The molecule has 0 fully saturated rings. The molecule has 0 aliphatic heterocycles. The van der Waals surface area contributed by atoms with Gasteiger partial charge < -0.3 is 5.11 Å². The molecule has 0 saturated carbocycles. The third-order valence-electron chi connectivity index (χ3n) is 2.78. The van der Waals surface area contributed by atoms with Crippen LogP contribution < -0.4 is 0 Å². The first kappa shape index (κ1) is 17.7. The molecule has 0 aliphatic carbocycles. The molecule has 0 bridgehead atoms. The van der Waals surface area contributed by atoms with Gasteiger partial charge in [0.15, 0.2) is 0 Å². The number of hydrogen-bond acceptors (Lipinski definition) is 1. The molecule has 0 aromatic heterocycles. The largest absolute Gasteiger partial charge is 0.481 e. The van der Waals surface area contributed by atoms with E-state index in [4.69, 9.17) is 5.11 Å². The van der Waals surface area contributed by atoms with Crippen LogP contribution in [-0.4, -0.2) is 11.1 Å². The molecule has 1 N–H and O–H groups in total. The summed E-state index contributed by atoms with van der Waals surface area (Å²) in [5.41, 5.74) is 0. The average Bonchev–Trinajstić information content (AvgIpc) is 2.39. The lowest BCUT2D eigenvalue weighted by atomic mass is 10.2. The van der Waals surface area contributed by atoms with E-state index in [0.717, 1.165) is 32.1 Å². The molecular formula is C17H28O2. The van der Waals surface area contributed by atoms with Crippen LogP contribution in [0.15, 0.2) is 36.5 Å². The molecule has 0 radical (unpaired) electrons. The van der Waals surface area contributed by atoms with Crippen LogP contribution >= 0.6 is 0 Å². The minimum atomic E-state index is -0.695. The Morgan fingerprint density at radius 2 is 1.37 bits per heavy atom. The van der Waals surface area contributed by atoms with Gasteiger partial charge >= 0.3 is 5.97 Å². The maximum atomic E-state index is 10.3. The summed E-state index contributed by atoms with van der Waals surface area (Å²) in [7, 11) is 0. The summed E-state index contributed by atoms with van der Waals surface area (Å²) in [4.78, 5) is 10.3. The number of aliphatic carboxylic acids is 1. The third-order valence-corrected chi connectivity index (χ3v) is 2.78. The summed E-state index contributed by atoms with van der Waals surface area (Å²) >= 11 is 0. The fourth-order valence-corrected chi connectivity index (χ4v) is 1.64. The van der Waals surface area contributed by atoms with Crippen LogP contribution in [0.25, 0.3) is 0 Å². The van der Waals surface area contributed by atoms with Gasteiger partial charge in [0.05, 0.1) is 0 Å². The normalized spacial score (nSPS) is 12.1. The van der Waals surface area contributed by atoms with Crippen molar-refractivity contribution in [2.24, 2.45) is 0 Å². The lowest BCUT2D eigenvalue weighted by Crippen LogP contribution is -1.92. The van der Waals surface area contributed by atoms with Crippen molar-refractivity contribution in [3.05, 3.63) is 36.5 Å². The van der Waals surface area contributed by atoms with Gasteiger partial charge in [-0.1, -0.05) is 56.2 Å². The SMILES string of the molecule is CCCCC=CCC=CCC=CCCCCC(=O)O. The van der Waals surface area contributed by atoms with E-state index in [2.05, 4.69) is 43.4 Å². The first-order chi connectivity index (χ1) is 9.27. The number of hydrogen-bond donors (Lipinski definition) is 1. The summed E-state index contributed by atoms with van der Waals surface area (Å²) < 4.78 is 0. The predicted molar refractivity (Wildman–Crippen MR) is 82.3 cm³/mol. The number of carboxylic acid groups (broad SMARTS) is 1. The van der Waals surface area contributed by atoms with Crippen LogP contribution in [0.2, 0.25) is 0 Å². The number of allylic oxidation sites excluding steroid dienone is 6. The van der Waals surface area contributed by atoms with Gasteiger partial charge in [0.25, 0.3) is 0 Å². The van der Waals surface area contributed by atoms with Crippen molar-refractivity contribution < 1.29 is 9.90 Å². The van der Waals surface area contributed by atoms with Crippen LogP contribution in [0.4, 0.5) is 0 Å². The van der Waals surface area contributed by atoms with Crippen LogP contribution in [0.5, 0.6) is 0 Å². The van der Waals surface area contributed by atoms with Crippen molar-refractivity contribution in [3.8, 4) is 0 Å². The fraction of sp³-hybridized carbons (Fsp3) is 0.588. The Balaban J connectivity index is 3.32. The van der Waals surface area contributed by atoms with Crippen LogP contribution in [0.1, 0.15) is 64.7 Å². The molecule has 108 valence electrons. The molecule has 19 heavy (non-hydrogen) atoms. The van der Waals surface area contributed by atoms with E-state index >= 15 is 0 Å². The lowest BCUT2D eigenvalue weighted by Gasteiger charge is -1.92. The molecule has 0 amide bonds. The molecule has 0 rings (SSSR count). The molecule has 2 heteroatoms. The maximum absolute atomic E-state index is 10.3. The minimum absolute atomic E-state index is 0.290. The summed E-state index contributed by atoms with van der Waals surface area (Å²) in [5, 5.41) is 8.47. The highest BCUT2D eigenvalue weighted by atomic mass is 16.4. The van der Waals surface area contributed by atoms with E-state index in [1.54, 1.807) is 0 Å². The monoisotopic (exact) mass is 264 g/mol. The van der Waals surface area contributed by atoms with Gasteiger partial charge in [0, 0.05) is 6.42 Å². The summed E-state index contributed by atoms with van der Waals surface area (Å²) in [5.74, 6) is -0.695. The van der Waals surface area contributed by atoms with E-state index in [0.29, 0.717) is 0 Å². The molecule has 2 nitrogen and oxygen atoms in total. The zero-order valence-electron chi connectivity index (χ0n) is 12.2. The Labute approximate surface area is 117 Å². The Hall–Kier alpha value is -1.31. The molecule has 0 heterocycles. The highest BCUT2D eigenvalue weighted by Crippen LogP contribution is 2.02. The second kappa shape index (κ2) is 14.7. The van der Waals surface area contributed by atoms with Gasteiger partial charge in [-0.15, -0.1) is 0 Å². The van der Waals surface area contributed by atoms with Gasteiger partial charge in [-0.05, 0) is 38.5 Å². The summed E-state index contributed by atoms with van der Waals surface area (Å²) in [6.45, 7) is 2.21. The van der Waals surface area contributed by atoms with Gasteiger partial charge in [-0.2, -0.15) is 0 Å². The quantitative estimate of drug-likeness (QED) is 0.385. The second-order valence-electron chi connectivity index (χ2n) is 4.67. The highest BCUT2D eigenvalue weighted by Gasteiger charge is 1.93. The molecule has 0 aliphatic rings.